The summed E-state index contributed by atoms with van der Waals surface area (Å²) in [4.78, 5) is 11.2. The fourth-order valence-corrected chi connectivity index (χ4v) is 3.66. The van der Waals surface area contributed by atoms with E-state index in [4.69, 9.17) is 9.15 Å². The maximum atomic E-state index is 13.1. The number of nitrogens with one attached hydrogen (secondary N) is 1. The second-order valence-electron chi connectivity index (χ2n) is 7.49. The molecule has 1 N–H and O–H groups in total. The molecule has 162 valence electrons. The Kier molecular flexibility index (Phi) is 6.82. The highest BCUT2D eigenvalue weighted by atomic mass is 19.1. The fourth-order valence-electron chi connectivity index (χ4n) is 3.66. The third-order valence-electron chi connectivity index (χ3n) is 5.31. The third kappa shape index (κ3) is 5.63. The average molecular weight is 423 g/mol. The Morgan fingerprint density at radius 2 is 1.90 bits per heavy atom. The Bertz CT molecular complexity index is 980. The number of hydrogen-bond donors (Lipinski definition) is 1. The van der Waals surface area contributed by atoms with E-state index in [1.54, 1.807) is 25.4 Å². The number of piperidine rings is 1. The summed E-state index contributed by atoms with van der Waals surface area (Å²) >= 11 is 0. The van der Waals surface area contributed by atoms with Gasteiger partial charge in [-0.25, -0.2) is 9.37 Å². The Hall–Kier alpha value is -3.35. The van der Waals surface area contributed by atoms with Gasteiger partial charge in [0.25, 0.3) is 0 Å². The van der Waals surface area contributed by atoms with Gasteiger partial charge in [-0.1, -0.05) is 18.2 Å². The molecule has 31 heavy (non-hydrogen) atoms. The molecule has 2 heterocycles. The summed E-state index contributed by atoms with van der Waals surface area (Å²) in [5.74, 6) is 2.04. The van der Waals surface area contributed by atoms with Crippen molar-refractivity contribution in [1.29, 1.82) is 0 Å². The highest BCUT2D eigenvalue weighted by molar-refractivity contribution is 5.80. The van der Waals surface area contributed by atoms with Gasteiger partial charge in [0.1, 0.15) is 23.9 Å². The molecular formula is C24H27FN4O2. The number of halogens is 1. The summed E-state index contributed by atoms with van der Waals surface area (Å²) in [6, 6.07) is 16.1. The van der Waals surface area contributed by atoms with Gasteiger partial charge in [-0.15, -0.1) is 0 Å². The van der Waals surface area contributed by atoms with Crippen LogP contribution in [0.3, 0.4) is 0 Å². The van der Waals surface area contributed by atoms with Crippen molar-refractivity contribution in [1.82, 2.24) is 15.2 Å². The zero-order valence-electron chi connectivity index (χ0n) is 17.6. The van der Waals surface area contributed by atoms with Gasteiger partial charge in [0, 0.05) is 51.5 Å². The van der Waals surface area contributed by atoms with Crippen LogP contribution >= 0.6 is 0 Å². The monoisotopic (exact) mass is 422 g/mol. The first-order valence-corrected chi connectivity index (χ1v) is 10.6. The number of para-hydroxylation sites is 1. The van der Waals surface area contributed by atoms with Gasteiger partial charge in [0.05, 0.1) is 5.69 Å². The Labute approximate surface area is 181 Å². The molecule has 0 aliphatic carbocycles. The topological polar surface area (TPSA) is 62.9 Å². The lowest BCUT2D eigenvalue weighted by Crippen LogP contribution is -2.47. The zero-order valence-corrected chi connectivity index (χ0v) is 17.6. The zero-order chi connectivity index (χ0) is 21.5. The highest BCUT2D eigenvalue weighted by Gasteiger charge is 2.22. The van der Waals surface area contributed by atoms with Crippen molar-refractivity contribution in [2.75, 3.05) is 26.7 Å². The third-order valence-corrected chi connectivity index (χ3v) is 5.31. The number of nitrogens with zero attached hydrogens (tertiary/aromatic N) is 3. The smallest absolute Gasteiger partial charge is 0.226 e. The molecule has 1 fully saturated rings. The van der Waals surface area contributed by atoms with Crippen LogP contribution in [0.4, 0.5) is 4.39 Å². The molecule has 1 aliphatic heterocycles. The number of guanidine groups is 1. The maximum Gasteiger partial charge on any atom is 0.226 e. The number of rotatable bonds is 6. The van der Waals surface area contributed by atoms with Crippen molar-refractivity contribution in [3.05, 3.63) is 72.4 Å². The molecule has 0 amide bonds. The molecule has 1 aliphatic rings. The molecular weight excluding hydrogens is 395 g/mol. The van der Waals surface area contributed by atoms with Crippen LogP contribution in [0, 0.1) is 5.82 Å². The van der Waals surface area contributed by atoms with E-state index in [1.165, 1.54) is 12.1 Å². The van der Waals surface area contributed by atoms with E-state index in [0.717, 1.165) is 48.9 Å². The minimum Gasteiger partial charge on any atom is -0.490 e. The first kappa shape index (κ1) is 20.9. The van der Waals surface area contributed by atoms with Crippen LogP contribution in [0.2, 0.25) is 0 Å². The van der Waals surface area contributed by atoms with E-state index >= 15 is 0 Å². The lowest BCUT2D eigenvalue weighted by atomic mass is 10.1. The van der Waals surface area contributed by atoms with Crippen LogP contribution in [0.5, 0.6) is 5.75 Å². The van der Waals surface area contributed by atoms with Crippen molar-refractivity contribution >= 4 is 5.96 Å². The van der Waals surface area contributed by atoms with E-state index in [2.05, 4.69) is 20.2 Å². The van der Waals surface area contributed by atoms with Crippen molar-refractivity contribution in [2.24, 2.45) is 4.99 Å². The Morgan fingerprint density at radius 1 is 1.16 bits per heavy atom. The first-order valence-electron chi connectivity index (χ1n) is 10.6. The molecule has 2 aromatic carbocycles. The number of aromatic nitrogens is 1. The molecule has 6 nitrogen and oxygen atoms in total. The van der Waals surface area contributed by atoms with Crippen LogP contribution < -0.4 is 10.1 Å². The number of ether oxygens (including phenoxy) is 1. The predicted octanol–water partition coefficient (Wildman–Crippen LogP) is 4.14. The van der Waals surface area contributed by atoms with Crippen LogP contribution in [0.25, 0.3) is 11.5 Å². The van der Waals surface area contributed by atoms with E-state index in [0.29, 0.717) is 18.9 Å². The van der Waals surface area contributed by atoms with E-state index in [9.17, 15) is 4.39 Å². The number of aliphatic imine (C=N–C) groups is 1. The van der Waals surface area contributed by atoms with E-state index in [-0.39, 0.29) is 11.9 Å². The summed E-state index contributed by atoms with van der Waals surface area (Å²) in [5.41, 5.74) is 1.61. The van der Waals surface area contributed by atoms with Crippen molar-refractivity contribution in [2.45, 2.75) is 25.4 Å². The SMILES string of the molecule is CN=C(NCCc1coc(-c2ccc(F)cc2)n1)N1CCC(Oc2ccccc2)CC1. The first-order chi connectivity index (χ1) is 15.2. The maximum absolute atomic E-state index is 13.1. The molecule has 0 radical (unpaired) electrons. The molecule has 0 unspecified atom stereocenters. The predicted molar refractivity (Wildman–Crippen MR) is 119 cm³/mol. The average Bonchev–Trinajstić information content (AvgIpc) is 3.28. The van der Waals surface area contributed by atoms with Crippen LogP contribution in [-0.4, -0.2) is 48.6 Å². The van der Waals surface area contributed by atoms with Crippen LogP contribution in [0.15, 0.2) is 70.3 Å². The molecule has 4 rings (SSSR count). The van der Waals surface area contributed by atoms with E-state index < -0.39 is 0 Å². The summed E-state index contributed by atoms with van der Waals surface area (Å²) in [6.45, 7) is 2.49. The molecule has 0 atom stereocenters. The van der Waals surface area contributed by atoms with Gasteiger partial charge < -0.3 is 19.4 Å². The molecule has 1 saturated heterocycles. The van der Waals surface area contributed by atoms with Crippen LogP contribution in [-0.2, 0) is 6.42 Å². The van der Waals surface area contributed by atoms with Gasteiger partial charge in [0.2, 0.25) is 5.89 Å². The van der Waals surface area contributed by atoms with Gasteiger partial charge in [0.15, 0.2) is 5.96 Å². The number of hydrogen-bond acceptors (Lipinski definition) is 4. The van der Waals surface area contributed by atoms with E-state index in [1.807, 2.05) is 30.3 Å². The standard InChI is InChI=1S/C24H27FN4O2/c1-26-24(29-15-12-22(13-16-29)31-21-5-3-2-4-6-21)27-14-11-20-17-30-23(28-20)18-7-9-19(25)10-8-18/h2-10,17,22H,11-16H2,1H3,(H,26,27). The summed E-state index contributed by atoms with van der Waals surface area (Å²) in [7, 11) is 1.80. The normalized spacial score (nSPS) is 15.2. The highest BCUT2D eigenvalue weighted by Crippen LogP contribution is 2.20. The molecule has 0 bridgehead atoms. The molecule has 0 spiro atoms. The van der Waals surface area contributed by atoms with Gasteiger partial charge in [-0.2, -0.15) is 0 Å². The number of benzene rings is 2. The number of likely N-dealkylation sites (tertiary alicyclic amines) is 1. The minimum absolute atomic E-state index is 0.233. The lowest BCUT2D eigenvalue weighted by molar-refractivity contribution is 0.129. The summed E-state index contributed by atoms with van der Waals surface area (Å²) < 4.78 is 24.7. The quantitative estimate of drug-likeness (QED) is 0.478. The summed E-state index contributed by atoms with van der Waals surface area (Å²) in [6.07, 6.45) is 4.50. The van der Waals surface area contributed by atoms with Crippen molar-refractivity contribution < 1.29 is 13.5 Å². The van der Waals surface area contributed by atoms with Gasteiger partial charge in [-0.3, -0.25) is 4.99 Å². The second-order valence-corrected chi connectivity index (χ2v) is 7.49. The van der Waals surface area contributed by atoms with Crippen LogP contribution in [0.1, 0.15) is 18.5 Å². The Morgan fingerprint density at radius 3 is 2.61 bits per heavy atom. The van der Waals surface area contributed by atoms with Crippen molar-refractivity contribution in [3.8, 4) is 17.2 Å². The van der Waals surface area contributed by atoms with Gasteiger partial charge >= 0.3 is 0 Å². The minimum atomic E-state index is -0.276. The molecule has 7 heteroatoms. The van der Waals surface area contributed by atoms with Gasteiger partial charge in [-0.05, 0) is 36.4 Å². The number of oxazole rings is 1. The second kappa shape index (κ2) is 10.1. The molecule has 0 saturated carbocycles. The Balaban J connectivity index is 1.23. The fraction of sp³-hybridized carbons (Fsp3) is 0.333. The summed E-state index contributed by atoms with van der Waals surface area (Å²) in [5, 5.41) is 3.41. The lowest BCUT2D eigenvalue weighted by Gasteiger charge is -2.34. The van der Waals surface area contributed by atoms with Crippen molar-refractivity contribution in [3.63, 3.8) is 0 Å². The molecule has 1 aromatic heterocycles. The largest absolute Gasteiger partial charge is 0.490 e. The molecule has 3 aromatic rings.